The normalized spacial score (nSPS) is 13.0. The molecule has 3 rings (SSSR count). The van der Waals surface area contributed by atoms with E-state index in [2.05, 4.69) is 10.1 Å². The van der Waals surface area contributed by atoms with Crippen LogP contribution in [0.1, 0.15) is 29.6 Å². The van der Waals surface area contributed by atoms with Gasteiger partial charge >= 0.3 is 0 Å². The number of nitrogens with zero attached hydrogens (tertiary/aromatic N) is 3. The largest absolute Gasteiger partial charge is 0.361 e. The highest BCUT2D eigenvalue weighted by Crippen LogP contribution is 2.27. The van der Waals surface area contributed by atoms with Gasteiger partial charge in [-0.15, -0.1) is 11.6 Å². The first-order chi connectivity index (χ1) is 9.95. The molecule has 4 nitrogen and oxygen atoms in total. The Balaban J connectivity index is 2.17. The summed E-state index contributed by atoms with van der Waals surface area (Å²) in [5.74, 6) is 1.15. The van der Waals surface area contributed by atoms with E-state index in [0.29, 0.717) is 21.5 Å². The van der Waals surface area contributed by atoms with Crippen LogP contribution in [0.4, 0.5) is 4.39 Å². The third-order valence-corrected chi connectivity index (χ3v) is 4.19. The van der Waals surface area contributed by atoms with Crippen LogP contribution in [0.25, 0.3) is 11.0 Å². The molecule has 0 N–H and O–H groups in total. The predicted molar refractivity (Wildman–Crippen MR) is 87.0 cm³/mol. The SMILES string of the molecule is Cc1cc(Cn2c(C(C)Cl)nc3cc(I)c(F)cc32)no1. The van der Waals surface area contributed by atoms with Crippen LogP contribution in [0.15, 0.2) is 22.7 Å². The summed E-state index contributed by atoms with van der Waals surface area (Å²) >= 11 is 8.16. The number of rotatable bonds is 3. The Hall–Kier alpha value is -1.15. The zero-order valence-electron chi connectivity index (χ0n) is 11.4. The van der Waals surface area contributed by atoms with Gasteiger partial charge in [0.25, 0.3) is 0 Å². The number of aromatic nitrogens is 3. The molecule has 0 aliphatic rings. The second-order valence-electron chi connectivity index (χ2n) is 4.86. The van der Waals surface area contributed by atoms with Crippen molar-refractivity contribution in [3.05, 3.63) is 44.9 Å². The van der Waals surface area contributed by atoms with Crippen molar-refractivity contribution in [3.8, 4) is 0 Å². The van der Waals surface area contributed by atoms with Crippen LogP contribution in [-0.4, -0.2) is 14.7 Å². The number of halogens is 3. The molecule has 0 bridgehead atoms. The molecule has 3 aromatic rings. The molecule has 0 spiro atoms. The molecule has 1 atom stereocenters. The summed E-state index contributed by atoms with van der Waals surface area (Å²) in [5.41, 5.74) is 2.18. The maximum Gasteiger partial charge on any atom is 0.138 e. The number of benzene rings is 1. The lowest BCUT2D eigenvalue weighted by atomic mass is 10.3. The van der Waals surface area contributed by atoms with Crippen LogP contribution >= 0.6 is 34.2 Å². The van der Waals surface area contributed by atoms with Crippen LogP contribution in [0, 0.1) is 16.3 Å². The molecule has 0 radical (unpaired) electrons. The summed E-state index contributed by atoms with van der Waals surface area (Å²) < 4.78 is 21.4. The van der Waals surface area contributed by atoms with E-state index in [9.17, 15) is 4.39 Å². The smallest absolute Gasteiger partial charge is 0.138 e. The van der Waals surface area contributed by atoms with Gasteiger partial charge in [-0.3, -0.25) is 0 Å². The van der Waals surface area contributed by atoms with E-state index in [1.165, 1.54) is 6.07 Å². The lowest BCUT2D eigenvalue weighted by molar-refractivity contribution is 0.389. The molecule has 0 aliphatic heterocycles. The number of hydrogen-bond acceptors (Lipinski definition) is 3. The summed E-state index contributed by atoms with van der Waals surface area (Å²) in [6.45, 7) is 4.12. The fourth-order valence-corrected chi connectivity index (χ4v) is 2.88. The molecule has 21 heavy (non-hydrogen) atoms. The summed E-state index contributed by atoms with van der Waals surface area (Å²) in [7, 11) is 0. The van der Waals surface area contributed by atoms with E-state index in [1.807, 2.05) is 47.1 Å². The van der Waals surface area contributed by atoms with E-state index in [0.717, 1.165) is 17.0 Å². The molecule has 0 amide bonds. The van der Waals surface area contributed by atoms with Crippen LogP contribution in [0.3, 0.4) is 0 Å². The van der Waals surface area contributed by atoms with E-state index in [-0.39, 0.29) is 11.2 Å². The van der Waals surface area contributed by atoms with Crippen LogP contribution < -0.4 is 0 Å². The minimum atomic E-state index is -0.286. The molecule has 0 aliphatic carbocycles. The molecule has 0 fully saturated rings. The van der Waals surface area contributed by atoms with Gasteiger partial charge in [0.1, 0.15) is 23.1 Å². The zero-order chi connectivity index (χ0) is 15.1. The Bertz CT molecular complexity index is 812. The van der Waals surface area contributed by atoms with Gasteiger partial charge in [0.2, 0.25) is 0 Å². The van der Waals surface area contributed by atoms with Crippen LogP contribution in [-0.2, 0) is 6.54 Å². The minimum absolute atomic E-state index is 0.269. The fourth-order valence-electron chi connectivity index (χ4n) is 2.26. The monoisotopic (exact) mass is 419 g/mol. The maximum atomic E-state index is 13.9. The summed E-state index contributed by atoms with van der Waals surface area (Å²) in [6.07, 6.45) is 0. The van der Waals surface area contributed by atoms with Crippen molar-refractivity contribution in [2.24, 2.45) is 0 Å². The number of aryl methyl sites for hydroxylation is 1. The minimum Gasteiger partial charge on any atom is -0.361 e. The van der Waals surface area contributed by atoms with Crippen molar-refractivity contribution in [1.82, 2.24) is 14.7 Å². The number of hydrogen-bond donors (Lipinski definition) is 0. The first-order valence-electron chi connectivity index (χ1n) is 6.37. The second-order valence-corrected chi connectivity index (χ2v) is 6.67. The van der Waals surface area contributed by atoms with Gasteiger partial charge in [0.15, 0.2) is 0 Å². The summed E-state index contributed by atoms with van der Waals surface area (Å²) in [6, 6.07) is 5.05. The molecule has 1 unspecified atom stereocenters. The van der Waals surface area contributed by atoms with Crippen molar-refractivity contribution in [2.45, 2.75) is 25.8 Å². The van der Waals surface area contributed by atoms with Crippen molar-refractivity contribution < 1.29 is 8.91 Å². The van der Waals surface area contributed by atoms with Crippen molar-refractivity contribution in [1.29, 1.82) is 0 Å². The summed E-state index contributed by atoms with van der Waals surface area (Å²) in [5, 5.41) is 3.69. The van der Waals surface area contributed by atoms with Gasteiger partial charge in [-0.05, 0) is 42.5 Å². The van der Waals surface area contributed by atoms with Gasteiger partial charge < -0.3 is 9.09 Å². The first-order valence-corrected chi connectivity index (χ1v) is 7.88. The van der Waals surface area contributed by atoms with E-state index < -0.39 is 0 Å². The highest BCUT2D eigenvalue weighted by atomic mass is 127. The Kier molecular flexibility index (Phi) is 3.92. The number of alkyl halides is 1. The molecular weight excluding hydrogens is 408 g/mol. The van der Waals surface area contributed by atoms with Crippen LogP contribution in [0.5, 0.6) is 0 Å². The Morgan fingerprint density at radius 1 is 1.43 bits per heavy atom. The lowest BCUT2D eigenvalue weighted by Gasteiger charge is -2.08. The van der Waals surface area contributed by atoms with Gasteiger partial charge in [0.05, 0.1) is 26.5 Å². The fraction of sp³-hybridized carbons (Fsp3) is 0.286. The average molecular weight is 420 g/mol. The maximum absolute atomic E-state index is 13.9. The van der Waals surface area contributed by atoms with Gasteiger partial charge in [-0.1, -0.05) is 5.16 Å². The number of fused-ring (bicyclic) bond motifs is 1. The van der Waals surface area contributed by atoms with Gasteiger partial charge in [-0.25, -0.2) is 9.37 Å². The van der Waals surface area contributed by atoms with Gasteiger partial charge in [-0.2, -0.15) is 0 Å². The molecule has 2 heterocycles. The second kappa shape index (κ2) is 5.57. The third-order valence-electron chi connectivity index (χ3n) is 3.17. The number of imidazole rings is 1. The molecule has 110 valence electrons. The molecule has 2 aromatic heterocycles. The highest BCUT2D eigenvalue weighted by molar-refractivity contribution is 14.1. The third kappa shape index (κ3) is 2.78. The van der Waals surface area contributed by atoms with Crippen molar-refractivity contribution >= 4 is 45.2 Å². The van der Waals surface area contributed by atoms with Crippen molar-refractivity contribution in [2.75, 3.05) is 0 Å². The predicted octanol–water partition coefficient (Wildman–Crippen LogP) is 4.42. The average Bonchev–Trinajstić information content (AvgIpc) is 2.96. The zero-order valence-corrected chi connectivity index (χ0v) is 14.3. The van der Waals surface area contributed by atoms with E-state index >= 15 is 0 Å². The summed E-state index contributed by atoms with van der Waals surface area (Å²) in [4.78, 5) is 4.52. The topological polar surface area (TPSA) is 43.9 Å². The Labute approximate surface area is 139 Å². The Morgan fingerprint density at radius 3 is 2.81 bits per heavy atom. The van der Waals surface area contributed by atoms with Crippen LogP contribution in [0.2, 0.25) is 0 Å². The molecule has 0 saturated heterocycles. The van der Waals surface area contributed by atoms with Crippen molar-refractivity contribution in [3.63, 3.8) is 0 Å². The first kappa shape index (κ1) is 14.8. The highest BCUT2D eigenvalue weighted by Gasteiger charge is 2.18. The molecular formula is C14H12ClFIN3O. The van der Waals surface area contributed by atoms with E-state index in [1.54, 1.807) is 6.07 Å². The lowest BCUT2D eigenvalue weighted by Crippen LogP contribution is -2.06. The standard InChI is InChI=1S/C14H12ClFIN3O/c1-7-3-9(19-21-7)6-20-13-4-10(16)11(17)5-12(13)18-14(20)8(2)15/h3-5,8H,6H2,1-2H3. The van der Waals surface area contributed by atoms with E-state index in [4.69, 9.17) is 16.1 Å². The molecule has 7 heteroatoms. The Morgan fingerprint density at radius 2 is 2.19 bits per heavy atom. The van der Waals surface area contributed by atoms with Gasteiger partial charge in [0, 0.05) is 12.1 Å². The molecule has 0 saturated carbocycles. The molecule has 1 aromatic carbocycles. The quantitative estimate of drug-likeness (QED) is 0.466.